The molecular formula is C14H15BrN4O4. The highest BCUT2D eigenvalue weighted by molar-refractivity contribution is 9.09. The average molecular weight is 383 g/mol. The van der Waals surface area contributed by atoms with Crippen LogP contribution in [0.25, 0.3) is 0 Å². The van der Waals surface area contributed by atoms with Crippen LogP contribution < -0.4 is 9.47 Å². The molecule has 0 saturated heterocycles. The lowest BCUT2D eigenvalue weighted by Gasteiger charge is -1.97. The number of Topliss-reactive ketones (excluding diaryl/α,β-unsaturated/α-hetero) is 2. The van der Waals surface area contributed by atoms with Gasteiger partial charge in [0.15, 0.2) is 11.6 Å². The summed E-state index contributed by atoms with van der Waals surface area (Å²) in [5.74, 6) is 0.626. The van der Waals surface area contributed by atoms with E-state index in [1.807, 2.05) is 0 Å². The minimum Gasteiger partial charge on any atom is -0.480 e. The van der Waals surface area contributed by atoms with E-state index in [1.54, 1.807) is 0 Å². The summed E-state index contributed by atoms with van der Waals surface area (Å²) in [7, 11) is 2.99. The second kappa shape index (κ2) is 9.57. The molecular weight excluding hydrogens is 368 g/mol. The Labute approximate surface area is 141 Å². The van der Waals surface area contributed by atoms with Gasteiger partial charge in [-0.1, -0.05) is 15.9 Å². The van der Waals surface area contributed by atoms with Crippen molar-refractivity contribution < 1.29 is 19.1 Å². The van der Waals surface area contributed by atoms with Gasteiger partial charge in [0.05, 0.1) is 44.3 Å². The molecule has 0 aliphatic heterocycles. The highest BCUT2D eigenvalue weighted by atomic mass is 79.9. The Hall–Kier alpha value is -2.42. The van der Waals surface area contributed by atoms with Gasteiger partial charge < -0.3 is 9.47 Å². The minimum atomic E-state index is -0.0971. The lowest BCUT2D eigenvalue weighted by molar-refractivity contribution is 0.100. The summed E-state index contributed by atoms with van der Waals surface area (Å²) < 4.78 is 9.55. The van der Waals surface area contributed by atoms with Crippen LogP contribution in [0.3, 0.4) is 0 Å². The Balaban J connectivity index is 0.000000231. The number of ether oxygens (including phenoxy) is 2. The van der Waals surface area contributed by atoms with Crippen molar-refractivity contribution in [2.24, 2.45) is 0 Å². The maximum atomic E-state index is 11.0. The predicted molar refractivity (Wildman–Crippen MR) is 85.3 cm³/mol. The van der Waals surface area contributed by atoms with Crippen LogP contribution in [0.15, 0.2) is 24.8 Å². The van der Waals surface area contributed by atoms with Crippen LogP contribution in [0.5, 0.6) is 11.8 Å². The second-order valence-electron chi connectivity index (χ2n) is 4.00. The molecule has 0 spiro atoms. The summed E-state index contributed by atoms with van der Waals surface area (Å²) in [5, 5.41) is 0.258. The minimum absolute atomic E-state index is 0.0925. The fourth-order valence-corrected chi connectivity index (χ4v) is 1.52. The third-order valence-electron chi connectivity index (χ3n) is 2.44. The summed E-state index contributed by atoms with van der Waals surface area (Å²) in [6, 6.07) is 0. The fraction of sp³-hybridized carbons (Fsp3) is 0.286. The molecule has 0 aromatic carbocycles. The van der Waals surface area contributed by atoms with Crippen molar-refractivity contribution >= 4 is 27.5 Å². The largest absolute Gasteiger partial charge is 0.480 e. The number of methoxy groups -OCH3 is 2. The molecule has 0 radical (unpaired) electrons. The number of rotatable bonds is 5. The Morgan fingerprint density at radius 2 is 1.39 bits per heavy atom. The number of carbonyl (C=O) groups excluding carboxylic acids is 2. The molecule has 0 amide bonds. The van der Waals surface area contributed by atoms with Crippen LogP contribution in [-0.2, 0) is 0 Å². The SMILES string of the molecule is COc1cnc(C(=O)CBr)cn1.COc1cnc(C(C)=O)cn1. The van der Waals surface area contributed by atoms with E-state index in [2.05, 4.69) is 35.9 Å². The molecule has 0 atom stereocenters. The standard InChI is InChI=1S/C7H7BrN2O2.C7H8N2O2/c1-12-7-4-9-5(3-10-7)6(11)2-8;1-5(10)6-3-9-7(11-2)4-8-6/h3-4H,2H2,1H3;3-4H,1-2H3. The van der Waals surface area contributed by atoms with Gasteiger partial charge in [0.2, 0.25) is 11.8 Å². The van der Waals surface area contributed by atoms with Crippen molar-refractivity contribution in [2.75, 3.05) is 19.5 Å². The number of hydrogen-bond donors (Lipinski definition) is 0. The van der Waals surface area contributed by atoms with E-state index in [-0.39, 0.29) is 16.9 Å². The van der Waals surface area contributed by atoms with Gasteiger partial charge >= 0.3 is 0 Å². The fourth-order valence-electron chi connectivity index (χ4n) is 1.24. The van der Waals surface area contributed by atoms with Gasteiger partial charge in [-0.3, -0.25) is 9.59 Å². The van der Waals surface area contributed by atoms with Crippen molar-refractivity contribution in [3.05, 3.63) is 36.2 Å². The van der Waals surface area contributed by atoms with E-state index in [0.29, 0.717) is 23.1 Å². The summed E-state index contributed by atoms with van der Waals surface area (Å²) in [6.45, 7) is 1.44. The lowest BCUT2D eigenvalue weighted by Crippen LogP contribution is -2.03. The van der Waals surface area contributed by atoms with Crippen LogP contribution in [0.4, 0.5) is 0 Å². The van der Waals surface area contributed by atoms with Crippen molar-refractivity contribution in [2.45, 2.75) is 6.92 Å². The van der Waals surface area contributed by atoms with Gasteiger partial charge in [-0.05, 0) is 0 Å². The molecule has 0 fully saturated rings. The van der Waals surface area contributed by atoms with Gasteiger partial charge in [0, 0.05) is 6.92 Å². The zero-order valence-corrected chi connectivity index (χ0v) is 14.4. The number of carbonyl (C=O) groups is 2. The van der Waals surface area contributed by atoms with E-state index in [4.69, 9.17) is 9.47 Å². The maximum Gasteiger partial charge on any atom is 0.232 e. The van der Waals surface area contributed by atoms with Crippen molar-refractivity contribution in [1.29, 1.82) is 0 Å². The predicted octanol–water partition coefficient (Wildman–Crippen LogP) is 1.75. The summed E-state index contributed by atoms with van der Waals surface area (Å²) in [6.07, 6.45) is 5.61. The van der Waals surface area contributed by atoms with Crippen LogP contribution >= 0.6 is 15.9 Å². The molecule has 2 rings (SSSR count). The van der Waals surface area contributed by atoms with E-state index in [0.717, 1.165) is 0 Å². The number of halogens is 1. The molecule has 122 valence electrons. The Kier molecular flexibility index (Phi) is 7.75. The van der Waals surface area contributed by atoms with Gasteiger partial charge in [-0.25, -0.2) is 19.9 Å². The number of hydrogen-bond acceptors (Lipinski definition) is 8. The average Bonchev–Trinajstić information content (AvgIpc) is 2.61. The first-order valence-electron chi connectivity index (χ1n) is 6.34. The third-order valence-corrected chi connectivity index (χ3v) is 2.95. The smallest absolute Gasteiger partial charge is 0.232 e. The summed E-state index contributed by atoms with van der Waals surface area (Å²) >= 11 is 3.04. The van der Waals surface area contributed by atoms with E-state index in [1.165, 1.54) is 45.9 Å². The summed E-state index contributed by atoms with van der Waals surface area (Å²) in [4.78, 5) is 37.0. The zero-order valence-electron chi connectivity index (χ0n) is 12.8. The maximum absolute atomic E-state index is 11.0. The Bertz CT molecular complexity index is 647. The van der Waals surface area contributed by atoms with Crippen molar-refractivity contribution in [1.82, 2.24) is 19.9 Å². The molecule has 2 heterocycles. The number of aromatic nitrogens is 4. The van der Waals surface area contributed by atoms with Crippen LogP contribution in [0.1, 0.15) is 27.9 Å². The molecule has 2 aromatic rings. The van der Waals surface area contributed by atoms with Gasteiger partial charge in [-0.2, -0.15) is 0 Å². The first kappa shape index (κ1) is 18.6. The Morgan fingerprint density at radius 3 is 1.70 bits per heavy atom. The molecule has 2 aromatic heterocycles. The number of nitrogens with zero attached hydrogens (tertiary/aromatic N) is 4. The van der Waals surface area contributed by atoms with Crippen molar-refractivity contribution in [3.63, 3.8) is 0 Å². The van der Waals surface area contributed by atoms with Gasteiger partial charge in [0.25, 0.3) is 0 Å². The quantitative estimate of drug-likeness (QED) is 0.568. The molecule has 8 nitrogen and oxygen atoms in total. The molecule has 23 heavy (non-hydrogen) atoms. The highest BCUT2D eigenvalue weighted by Crippen LogP contribution is 2.04. The number of alkyl halides is 1. The monoisotopic (exact) mass is 382 g/mol. The normalized spacial score (nSPS) is 9.39. The lowest BCUT2D eigenvalue weighted by atomic mass is 10.3. The first-order chi connectivity index (χ1) is 11.0. The van der Waals surface area contributed by atoms with E-state index in [9.17, 15) is 9.59 Å². The molecule has 0 N–H and O–H groups in total. The Morgan fingerprint density at radius 1 is 0.913 bits per heavy atom. The van der Waals surface area contributed by atoms with E-state index < -0.39 is 0 Å². The topological polar surface area (TPSA) is 104 Å². The second-order valence-corrected chi connectivity index (χ2v) is 4.56. The summed E-state index contributed by atoms with van der Waals surface area (Å²) in [5.41, 5.74) is 0.693. The van der Waals surface area contributed by atoms with Crippen LogP contribution in [-0.4, -0.2) is 51.1 Å². The molecule has 9 heteroatoms. The van der Waals surface area contributed by atoms with Gasteiger partial charge in [0.1, 0.15) is 11.4 Å². The van der Waals surface area contributed by atoms with E-state index >= 15 is 0 Å². The van der Waals surface area contributed by atoms with Gasteiger partial charge in [-0.15, -0.1) is 0 Å². The molecule has 0 aliphatic carbocycles. The zero-order chi connectivity index (χ0) is 17.2. The third kappa shape index (κ3) is 6.07. The molecule has 0 aliphatic rings. The highest BCUT2D eigenvalue weighted by Gasteiger charge is 2.05. The number of ketones is 2. The molecule has 0 bridgehead atoms. The van der Waals surface area contributed by atoms with Crippen LogP contribution in [0, 0.1) is 0 Å². The first-order valence-corrected chi connectivity index (χ1v) is 7.46. The van der Waals surface area contributed by atoms with Crippen molar-refractivity contribution in [3.8, 4) is 11.8 Å². The molecule has 0 saturated carbocycles. The van der Waals surface area contributed by atoms with Crippen LogP contribution in [0.2, 0.25) is 0 Å². The molecule has 0 unspecified atom stereocenters.